The van der Waals surface area contributed by atoms with Gasteiger partial charge in [0.1, 0.15) is 18.2 Å². The lowest BCUT2D eigenvalue weighted by Crippen LogP contribution is -2.44. The highest BCUT2D eigenvalue weighted by molar-refractivity contribution is 5.89. The van der Waals surface area contributed by atoms with Crippen LogP contribution in [0.1, 0.15) is 49.4 Å². The number of benzene rings is 1. The number of carbonyl (C=O) groups is 3. The van der Waals surface area contributed by atoms with Crippen molar-refractivity contribution < 1.29 is 38.2 Å². The molecule has 2 aromatic rings. The number of hydrogen-bond donors (Lipinski definition) is 2. The predicted octanol–water partition coefficient (Wildman–Crippen LogP) is 2.95. The summed E-state index contributed by atoms with van der Waals surface area (Å²) in [7, 11) is 0. The molecular formula is C21H26N2O8. The molecule has 1 heterocycles. The van der Waals surface area contributed by atoms with E-state index >= 15 is 0 Å². The average Bonchev–Trinajstić information content (AvgIpc) is 3.07. The summed E-state index contributed by atoms with van der Waals surface area (Å²) in [5, 5.41) is 15.5. The smallest absolute Gasteiger partial charge is 0.408 e. The van der Waals surface area contributed by atoms with E-state index in [0.717, 1.165) is 5.56 Å². The van der Waals surface area contributed by atoms with E-state index in [1.165, 1.54) is 0 Å². The highest BCUT2D eigenvalue weighted by atomic mass is 16.6. The van der Waals surface area contributed by atoms with Gasteiger partial charge in [-0.15, -0.1) is 0 Å². The second-order valence-electron chi connectivity index (χ2n) is 7.53. The first kappa shape index (κ1) is 23.7. The van der Waals surface area contributed by atoms with Crippen molar-refractivity contribution >= 4 is 18.0 Å². The number of carboxylic acid groups (broad SMARTS) is 1. The van der Waals surface area contributed by atoms with Gasteiger partial charge in [0.15, 0.2) is 0 Å². The molecule has 0 aliphatic rings. The molecule has 0 saturated heterocycles. The van der Waals surface area contributed by atoms with Crippen molar-refractivity contribution in [2.45, 2.75) is 52.4 Å². The van der Waals surface area contributed by atoms with Gasteiger partial charge in [0.05, 0.1) is 12.2 Å². The van der Waals surface area contributed by atoms with Crippen LogP contribution in [0, 0.1) is 0 Å². The Balaban J connectivity index is 2.19. The molecule has 0 radical (unpaired) electrons. The molecule has 0 aliphatic heterocycles. The fraction of sp³-hybridized carbons (Fsp3) is 0.429. The maximum Gasteiger partial charge on any atom is 0.408 e. The molecule has 0 fully saturated rings. The summed E-state index contributed by atoms with van der Waals surface area (Å²) in [6.45, 7) is 6.83. The van der Waals surface area contributed by atoms with Crippen LogP contribution >= 0.6 is 0 Å². The Kier molecular flexibility index (Phi) is 8.00. The van der Waals surface area contributed by atoms with Crippen LogP contribution < -0.4 is 10.1 Å². The molecule has 168 valence electrons. The van der Waals surface area contributed by atoms with E-state index in [0.29, 0.717) is 0 Å². The molecule has 0 aliphatic carbocycles. The minimum Gasteiger partial charge on any atom is -0.480 e. The van der Waals surface area contributed by atoms with Crippen molar-refractivity contribution in [3.05, 3.63) is 47.2 Å². The minimum atomic E-state index is -1.42. The first-order valence-corrected chi connectivity index (χ1v) is 9.65. The van der Waals surface area contributed by atoms with Crippen LogP contribution in [0.2, 0.25) is 0 Å². The molecule has 31 heavy (non-hydrogen) atoms. The van der Waals surface area contributed by atoms with Gasteiger partial charge in [-0.2, -0.15) is 0 Å². The van der Waals surface area contributed by atoms with Gasteiger partial charge in [0.2, 0.25) is 0 Å². The lowest BCUT2D eigenvalue weighted by molar-refractivity contribution is -0.139. The molecule has 0 saturated carbocycles. The van der Waals surface area contributed by atoms with Crippen molar-refractivity contribution in [3.8, 4) is 5.88 Å². The number of nitrogens with one attached hydrogen (secondary N) is 1. The number of nitrogens with zero attached hydrogens (tertiary/aromatic N) is 1. The molecule has 2 N–H and O–H groups in total. The molecule has 2 rings (SSSR count). The first-order valence-electron chi connectivity index (χ1n) is 9.65. The summed E-state index contributed by atoms with van der Waals surface area (Å²) in [4.78, 5) is 36.3. The summed E-state index contributed by atoms with van der Waals surface area (Å²) in [5.74, 6) is -2.51. The van der Waals surface area contributed by atoms with E-state index in [1.54, 1.807) is 52.0 Å². The number of amides is 1. The van der Waals surface area contributed by atoms with Crippen LogP contribution in [0.5, 0.6) is 5.88 Å². The molecule has 10 heteroatoms. The van der Waals surface area contributed by atoms with Gasteiger partial charge in [0.25, 0.3) is 11.6 Å². The first-order chi connectivity index (χ1) is 14.6. The Hall–Kier alpha value is -3.56. The van der Waals surface area contributed by atoms with Gasteiger partial charge in [-0.05, 0) is 38.4 Å². The van der Waals surface area contributed by atoms with Gasteiger partial charge in [-0.3, -0.25) is 0 Å². The van der Waals surface area contributed by atoms with E-state index in [1.807, 2.05) is 6.07 Å². The Bertz CT molecular complexity index is 902. The Morgan fingerprint density at radius 2 is 1.87 bits per heavy atom. The molecule has 1 aromatic carbocycles. The Labute approximate surface area is 179 Å². The number of aromatic nitrogens is 1. The monoisotopic (exact) mass is 434 g/mol. The third kappa shape index (κ3) is 7.32. The van der Waals surface area contributed by atoms with Crippen LogP contribution in [-0.4, -0.2) is 46.5 Å². The number of alkyl carbamates (subject to hydrolysis) is 1. The molecule has 10 nitrogen and oxygen atoms in total. The SMILES string of the molecule is CCOc1noc(C(=O)OCc2ccccc2)c1CC(NC(=O)OC(C)(C)C)C(=O)O. The largest absolute Gasteiger partial charge is 0.480 e. The summed E-state index contributed by atoms with van der Waals surface area (Å²) < 4.78 is 20.8. The van der Waals surface area contributed by atoms with Crippen molar-refractivity contribution in [1.82, 2.24) is 10.5 Å². The lowest BCUT2D eigenvalue weighted by atomic mass is 10.1. The normalized spacial score (nSPS) is 12.0. The quantitative estimate of drug-likeness (QED) is 0.571. The van der Waals surface area contributed by atoms with E-state index in [2.05, 4.69) is 10.5 Å². The summed E-state index contributed by atoms with van der Waals surface area (Å²) >= 11 is 0. The number of rotatable bonds is 9. The molecule has 1 amide bonds. The van der Waals surface area contributed by atoms with Gasteiger partial charge in [-0.25, -0.2) is 14.4 Å². The van der Waals surface area contributed by atoms with E-state index < -0.39 is 29.7 Å². The molecular weight excluding hydrogens is 408 g/mol. The molecule has 0 bridgehead atoms. The number of esters is 1. The van der Waals surface area contributed by atoms with Crippen LogP contribution in [0.4, 0.5) is 4.79 Å². The van der Waals surface area contributed by atoms with Crippen molar-refractivity contribution in [1.29, 1.82) is 0 Å². The van der Waals surface area contributed by atoms with E-state index in [9.17, 15) is 19.5 Å². The molecule has 1 unspecified atom stereocenters. The fourth-order valence-electron chi connectivity index (χ4n) is 2.53. The summed E-state index contributed by atoms with van der Waals surface area (Å²) in [6, 6.07) is 7.58. The zero-order valence-electron chi connectivity index (χ0n) is 17.8. The Morgan fingerprint density at radius 1 is 1.19 bits per heavy atom. The maximum absolute atomic E-state index is 12.5. The van der Waals surface area contributed by atoms with Crippen molar-refractivity contribution in [2.75, 3.05) is 6.61 Å². The van der Waals surface area contributed by atoms with E-state index in [4.69, 9.17) is 18.7 Å². The van der Waals surface area contributed by atoms with Crippen LogP contribution in [0.3, 0.4) is 0 Å². The topological polar surface area (TPSA) is 137 Å². The van der Waals surface area contributed by atoms with Gasteiger partial charge >= 0.3 is 18.0 Å². The third-order valence-electron chi connectivity index (χ3n) is 3.83. The highest BCUT2D eigenvalue weighted by Crippen LogP contribution is 2.25. The third-order valence-corrected chi connectivity index (χ3v) is 3.83. The number of aliphatic carboxylic acids is 1. The fourth-order valence-corrected chi connectivity index (χ4v) is 2.53. The maximum atomic E-state index is 12.5. The molecule has 1 atom stereocenters. The predicted molar refractivity (Wildman–Crippen MR) is 108 cm³/mol. The standard InChI is InChI=1S/C21H26N2O8/c1-5-28-17-14(11-15(18(24)25)22-20(27)30-21(2,3)4)16(31-23-17)19(26)29-12-13-9-7-6-8-10-13/h6-10,15H,5,11-12H2,1-4H3,(H,22,27)(H,24,25). The number of hydrogen-bond acceptors (Lipinski definition) is 8. The number of carbonyl (C=O) groups excluding carboxylic acids is 2. The number of ether oxygens (including phenoxy) is 3. The summed E-state index contributed by atoms with van der Waals surface area (Å²) in [5.41, 5.74) is 0.0213. The van der Waals surface area contributed by atoms with E-state index in [-0.39, 0.29) is 36.8 Å². The van der Waals surface area contributed by atoms with Gasteiger partial charge < -0.3 is 29.2 Å². The molecule has 1 aromatic heterocycles. The average molecular weight is 434 g/mol. The van der Waals surface area contributed by atoms with Gasteiger partial charge in [0, 0.05) is 6.42 Å². The zero-order chi connectivity index (χ0) is 23.0. The van der Waals surface area contributed by atoms with Gasteiger partial charge in [-0.1, -0.05) is 30.3 Å². The van der Waals surface area contributed by atoms with Crippen LogP contribution in [0.25, 0.3) is 0 Å². The Morgan fingerprint density at radius 3 is 2.45 bits per heavy atom. The minimum absolute atomic E-state index is 0.0116. The van der Waals surface area contributed by atoms with Crippen molar-refractivity contribution in [3.63, 3.8) is 0 Å². The summed E-state index contributed by atoms with van der Waals surface area (Å²) in [6.07, 6.45) is -1.24. The highest BCUT2D eigenvalue weighted by Gasteiger charge is 2.31. The lowest BCUT2D eigenvalue weighted by Gasteiger charge is -2.22. The molecule has 0 spiro atoms. The van der Waals surface area contributed by atoms with Crippen LogP contribution in [-0.2, 0) is 27.3 Å². The number of carboxylic acids is 1. The zero-order valence-corrected chi connectivity index (χ0v) is 17.8. The van der Waals surface area contributed by atoms with Crippen LogP contribution in [0.15, 0.2) is 34.9 Å². The second-order valence-corrected chi connectivity index (χ2v) is 7.53. The second kappa shape index (κ2) is 10.5. The van der Waals surface area contributed by atoms with Crippen molar-refractivity contribution in [2.24, 2.45) is 0 Å².